The van der Waals surface area contributed by atoms with Crippen LogP contribution >= 0.6 is 0 Å². The molecule has 0 N–H and O–H groups in total. The first-order chi connectivity index (χ1) is 11.5. The molecule has 120 valence electrons. The molecule has 0 radical (unpaired) electrons. The van der Waals surface area contributed by atoms with Crippen molar-refractivity contribution >= 4 is 29.4 Å². The summed E-state index contributed by atoms with van der Waals surface area (Å²) in [7, 11) is 0. The molecule has 1 aliphatic rings. The highest BCUT2D eigenvalue weighted by atomic mass is 19.1. The molecule has 5 nitrogen and oxygen atoms in total. The normalized spacial score (nSPS) is 15.5. The molecule has 2 amide bonds. The minimum absolute atomic E-state index is 0.165. The van der Waals surface area contributed by atoms with Gasteiger partial charge in [-0.3, -0.25) is 14.5 Å². The molecule has 0 fully saturated rings. The van der Waals surface area contributed by atoms with Crippen molar-refractivity contribution in [2.75, 3.05) is 6.54 Å². The molecule has 0 atom stereocenters. The number of fused-ring (bicyclic) bond motifs is 1. The monoisotopic (exact) mass is 324 g/mol. The Hall–Kier alpha value is -3.28. The number of carbonyl (C=O) groups excluding carboxylic acids is 3. The van der Waals surface area contributed by atoms with Gasteiger partial charge in [-0.25, -0.2) is 4.39 Å². The molecule has 1 heterocycles. The predicted molar refractivity (Wildman–Crippen MR) is 81.8 cm³/mol. The summed E-state index contributed by atoms with van der Waals surface area (Å²) in [4.78, 5) is 36.4. The van der Waals surface area contributed by atoms with Crippen LogP contribution in [0.2, 0.25) is 0 Å². The van der Waals surface area contributed by atoms with Gasteiger partial charge < -0.3 is 9.90 Å². The molecule has 0 aliphatic carbocycles. The van der Waals surface area contributed by atoms with E-state index in [-0.39, 0.29) is 11.1 Å². The van der Waals surface area contributed by atoms with Gasteiger partial charge in [-0.1, -0.05) is 30.3 Å². The topological polar surface area (TPSA) is 77.5 Å². The van der Waals surface area contributed by atoms with Crippen LogP contribution in [0, 0.1) is 5.82 Å². The molecule has 24 heavy (non-hydrogen) atoms. The average molecular weight is 324 g/mol. The fourth-order valence-corrected chi connectivity index (χ4v) is 2.54. The third kappa shape index (κ3) is 2.81. The van der Waals surface area contributed by atoms with Crippen molar-refractivity contribution < 1.29 is 23.9 Å². The van der Waals surface area contributed by atoms with Crippen LogP contribution in [0.4, 0.5) is 4.39 Å². The van der Waals surface area contributed by atoms with Crippen LogP contribution in [-0.4, -0.2) is 29.2 Å². The highest BCUT2D eigenvalue weighted by Gasteiger charge is 2.34. The van der Waals surface area contributed by atoms with Crippen LogP contribution in [0.3, 0.4) is 0 Å². The Bertz CT molecular complexity index is 871. The third-order valence-corrected chi connectivity index (χ3v) is 3.64. The summed E-state index contributed by atoms with van der Waals surface area (Å²) in [6, 6.07) is 11.9. The van der Waals surface area contributed by atoms with Crippen LogP contribution < -0.4 is 5.11 Å². The summed E-state index contributed by atoms with van der Waals surface area (Å²) >= 11 is 0. The SMILES string of the molecule is O=C([O-])CN1C(=O)/C(=C\c2ccc(F)cc2)c2ccccc2C1=O. The van der Waals surface area contributed by atoms with Crippen LogP contribution in [-0.2, 0) is 9.59 Å². The molecule has 3 rings (SSSR count). The summed E-state index contributed by atoms with van der Waals surface area (Å²) in [5, 5.41) is 10.9. The number of amides is 2. The van der Waals surface area contributed by atoms with Gasteiger partial charge in [0.15, 0.2) is 0 Å². The molecular formula is C18H11FNO4-. The first-order valence-electron chi connectivity index (χ1n) is 7.10. The van der Waals surface area contributed by atoms with Gasteiger partial charge in [0.25, 0.3) is 11.8 Å². The number of hydrogen-bond donors (Lipinski definition) is 0. The standard InChI is InChI=1S/C18H12FNO4/c19-12-7-5-11(6-8-12)9-15-13-3-1-2-4-14(13)17(23)20(18(15)24)10-16(21)22/h1-9H,10H2,(H,21,22)/p-1/b15-9-. The lowest BCUT2D eigenvalue weighted by molar-refractivity contribution is -0.305. The fraction of sp³-hybridized carbons (Fsp3) is 0.0556. The van der Waals surface area contributed by atoms with Crippen LogP contribution in [0.15, 0.2) is 48.5 Å². The van der Waals surface area contributed by atoms with Gasteiger partial charge >= 0.3 is 0 Å². The smallest absolute Gasteiger partial charge is 0.261 e. The minimum Gasteiger partial charge on any atom is -0.548 e. The van der Waals surface area contributed by atoms with Crippen molar-refractivity contribution in [1.29, 1.82) is 0 Å². The van der Waals surface area contributed by atoms with Gasteiger partial charge in [0.1, 0.15) is 5.82 Å². The molecule has 0 saturated carbocycles. The second kappa shape index (κ2) is 6.08. The highest BCUT2D eigenvalue weighted by Crippen LogP contribution is 2.30. The summed E-state index contributed by atoms with van der Waals surface area (Å²) in [5.41, 5.74) is 1.36. The average Bonchev–Trinajstić information content (AvgIpc) is 2.57. The first-order valence-corrected chi connectivity index (χ1v) is 7.10. The fourth-order valence-electron chi connectivity index (χ4n) is 2.54. The molecule has 2 aromatic rings. The van der Waals surface area contributed by atoms with Crippen LogP contribution in [0.5, 0.6) is 0 Å². The molecule has 0 bridgehead atoms. The van der Waals surface area contributed by atoms with E-state index in [2.05, 4.69) is 0 Å². The van der Waals surface area contributed by atoms with E-state index in [1.165, 1.54) is 36.4 Å². The molecule has 0 saturated heterocycles. The second-order valence-electron chi connectivity index (χ2n) is 5.22. The van der Waals surface area contributed by atoms with E-state index < -0.39 is 30.1 Å². The minimum atomic E-state index is -1.53. The van der Waals surface area contributed by atoms with Crippen molar-refractivity contribution in [1.82, 2.24) is 4.90 Å². The predicted octanol–water partition coefficient (Wildman–Crippen LogP) is 1.10. The lowest BCUT2D eigenvalue weighted by Gasteiger charge is -2.28. The van der Waals surface area contributed by atoms with E-state index in [0.717, 1.165) is 0 Å². The van der Waals surface area contributed by atoms with Gasteiger partial charge in [-0.2, -0.15) is 0 Å². The number of aliphatic carboxylic acids is 1. The zero-order valence-electron chi connectivity index (χ0n) is 12.4. The van der Waals surface area contributed by atoms with Gasteiger partial charge in [-0.05, 0) is 35.4 Å². The number of imide groups is 1. The van der Waals surface area contributed by atoms with Gasteiger partial charge in [0.2, 0.25) is 0 Å². The van der Waals surface area contributed by atoms with Crippen molar-refractivity contribution in [3.05, 3.63) is 71.0 Å². The summed E-state index contributed by atoms with van der Waals surface area (Å²) in [6.45, 7) is -0.827. The van der Waals surface area contributed by atoms with Crippen LogP contribution in [0.1, 0.15) is 21.5 Å². The number of halogens is 1. The molecule has 0 spiro atoms. The van der Waals surface area contributed by atoms with E-state index in [1.807, 2.05) is 0 Å². The number of hydrogen-bond acceptors (Lipinski definition) is 4. The molecule has 6 heteroatoms. The summed E-state index contributed by atoms with van der Waals surface area (Å²) in [6.07, 6.45) is 1.50. The van der Waals surface area contributed by atoms with E-state index in [4.69, 9.17) is 0 Å². The maximum absolute atomic E-state index is 13.0. The Morgan fingerprint density at radius 3 is 2.25 bits per heavy atom. The maximum Gasteiger partial charge on any atom is 0.261 e. The Morgan fingerprint density at radius 1 is 1.00 bits per heavy atom. The summed E-state index contributed by atoms with van der Waals surface area (Å²) in [5.74, 6) is -3.36. The van der Waals surface area contributed by atoms with E-state index >= 15 is 0 Å². The number of rotatable bonds is 3. The molecular weight excluding hydrogens is 313 g/mol. The van der Waals surface area contributed by atoms with E-state index in [9.17, 15) is 23.9 Å². The van der Waals surface area contributed by atoms with Gasteiger partial charge in [-0.15, -0.1) is 0 Å². The van der Waals surface area contributed by atoms with Gasteiger partial charge in [0, 0.05) is 11.1 Å². The van der Waals surface area contributed by atoms with Crippen LogP contribution in [0.25, 0.3) is 11.6 Å². The van der Waals surface area contributed by atoms with E-state index in [1.54, 1.807) is 18.2 Å². The van der Waals surface area contributed by atoms with Crippen molar-refractivity contribution in [2.24, 2.45) is 0 Å². The zero-order chi connectivity index (χ0) is 17.3. The van der Waals surface area contributed by atoms with Crippen molar-refractivity contribution in [3.8, 4) is 0 Å². The third-order valence-electron chi connectivity index (χ3n) is 3.64. The Kier molecular flexibility index (Phi) is 3.95. The highest BCUT2D eigenvalue weighted by molar-refractivity contribution is 6.34. The lowest BCUT2D eigenvalue weighted by atomic mass is 9.92. The van der Waals surface area contributed by atoms with Crippen molar-refractivity contribution in [2.45, 2.75) is 0 Å². The second-order valence-corrected chi connectivity index (χ2v) is 5.22. The number of carboxylic acids is 1. The molecule has 0 unspecified atom stereocenters. The molecule has 1 aliphatic heterocycles. The largest absolute Gasteiger partial charge is 0.548 e. The van der Waals surface area contributed by atoms with Gasteiger partial charge in [0.05, 0.1) is 12.5 Å². The maximum atomic E-state index is 13.0. The first kappa shape index (κ1) is 15.6. The Morgan fingerprint density at radius 2 is 1.62 bits per heavy atom. The Balaban J connectivity index is 2.14. The van der Waals surface area contributed by atoms with E-state index in [0.29, 0.717) is 16.0 Å². The molecule has 2 aromatic carbocycles. The number of carbonyl (C=O) groups is 3. The van der Waals surface area contributed by atoms with Crippen molar-refractivity contribution in [3.63, 3.8) is 0 Å². The lowest BCUT2D eigenvalue weighted by Crippen LogP contribution is -2.47. The number of benzene rings is 2. The quantitative estimate of drug-likeness (QED) is 0.626. The summed E-state index contributed by atoms with van der Waals surface area (Å²) < 4.78 is 13.0. The number of carboxylic acid groups (broad SMARTS) is 1. The Labute approximate surface area is 136 Å². The molecule has 0 aromatic heterocycles. The zero-order valence-corrected chi connectivity index (χ0v) is 12.4. The number of nitrogens with zero attached hydrogens (tertiary/aromatic N) is 1.